The maximum atomic E-state index is 12.6. The first kappa shape index (κ1) is 21.4. The summed E-state index contributed by atoms with van der Waals surface area (Å²) in [7, 11) is -3.64. The van der Waals surface area contributed by atoms with Gasteiger partial charge < -0.3 is 10.6 Å². The van der Waals surface area contributed by atoms with E-state index in [-0.39, 0.29) is 34.1 Å². The number of benzene rings is 2. The third kappa shape index (κ3) is 5.39. The lowest BCUT2D eigenvalue weighted by Crippen LogP contribution is -2.28. The molecule has 3 rings (SSSR count). The van der Waals surface area contributed by atoms with Crippen molar-refractivity contribution in [2.24, 2.45) is 0 Å². The lowest BCUT2D eigenvalue weighted by atomic mass is 10.1. The summed E-state index contributed by atoms with van der Waals surface area (Å²) in [6, 6.07) is 12.5. The van der Waals surface area contributed by atoms with E-state index >= 15 is 0 Å². The molecule has 0 unspecified atom stereocenters. The molecule has 0 aliphatic carbocycles. The monoisotopic (exact) mass is 432 g/mol. The summed E-state index contributed by atoms with van der Waals surface area (Å²) in [5.74, 6) is -0.721. The Morgan fingerprint density at radius 3 is 2.59 bits per heavy atom. The molecule has 1 heterocycles. The van der Waals surface area contributed by atoms with Crippen LogP contribution < -0.4 is 10.6 Å². The van der Waals surface area contributed by atoms with Crippen molar-refractivity contribution in [2.75, 3.05) is 11.1 Å². The summed E-state index contributed by atoms with van der Waals surface area (Å²) in [6.07, 6.45) is 0.581. The van der Waals surface area contributed by atoms with Gasteiger partial charge in [-0.15, -0.1) is 11.8 Å². The van der Waals surface area contributed by atoms with Gasteiger partial charge >= 0.3 is 0 Å². The Kier molecular flexibility index (Phi) is 6.64. The number of nitrogens with one attached hydrogen (secondary N) is 2. The van der Waals surface area contributed by atoms with Gasteiger partial charge in [0, 0.05) is 17.9 Å². The van der Waals surface area contributed by atoms with Gasteiger partial charge in [0.2, 0.25) is 11.8 Å². The van der Waals surface area contributed by atoms with Crippen LogP contribution in [0.5, 0.6) is 0 Å². The van der Waals surface area contributed by atoms with E-state index in [1.165, 1.54) is 23.9 Å². The molecule has 2 aromatic rings. The first-order valence-electron chi connectivity index (χ1n) is 9.45. The topological polar surface area (TPSA) is 92.3 Å². The van der Waals surface area contributed by atoms with E-state index in [4.69, 9.17) is 0 Å². The second kappa shape index (κ2) is 9.00. The molecule has 2 N–H and O–H groups in total. The largest absolute Gasteiger partial charge is 0.352 e. The molecule has 0 saturated carbocycles. The van der Waals surface area contributed by atoms with Crippen molar-refractivity contribution in [3.63, 3.8) is 0 Å². The average Bonchev–Trinajstić information content (AvgIpc) is 2.71. The summed E-state index contributed by atoms with van der Waals surface area (Å²) in [5, 5.41) is 5.36. The Morgan fingerprint density at radius 2 is 1.90 bits per heavy atom. The van der Waals surface area contributed by atoms with Gasteiger partial charge in [0.05, 0.1) is 21.6 Å². The van der Waals surface area contributed by atoms with Gasteiger partial charge in [-0.3, -0.25) is 9.59 Å². The van der Waals surface area contributed by atoms with Gasteiger partial charge in [0.15, 0.2) is 9.84 Å². The van der Waals surface area contributed by atoms with E-state index in [1.54, 1.807) is 6.07 Å². The van der Waals surface area contributed by atoms with E-state index in [1.807, 2.05) is 38.1 Å². The maximum Gasteiger partial charge on any atom is 0.237 e. The summed E-state index contributed by atoms with van der Waals surface area (Å²) in [6.45, 7) is 4.28. The van der Waals surface area contributed by atoms with Gasteiger partial charge in [0.25, 0.3) is 0 Å². The van der Waals surface area contributed by atoms with E-state index in [9.17, 15) is 18.0 Å². The minimum Gasteiger partial charge on any atom is -0.352 e. The van der Waals surface area contributed by atoms with Crippen LogP contribution in [0.1, 0.15) is 30.9 Å². The SMILES string of the molecule is CC[C@H]1Sc2ccc(S(=O)(=O)CCC(=O)NCc3ccc(C)cc3)cc2NC1=O. The molecule has 1 aliphatic heterocycles. The van der Waals surface area contributed by atoms with Crippen molar-refractivity contribution < 1.29 is 18.0 Å². The number of aryl methyl sites for hydroxylation is 1. The number of thioether (sulfide) groups is 1. The smallest absolute Gasteiger partial charge is 0.237 e. The van der Waals surface area contributed by atoms with Crippen molar-refractivity contribution >= 4 is 39.1 Å². The van der Waals surface area contributed by atoms with Crippen LogP contribution in [-0.4, -0.2) is 31.2 Å². The minimum atomic E-state index is -3.64. The number of carbonyl (C=O) groups is 2. The molecule has 2 amide bonds. The molecule has 0 saturated heterocycles. The second-order valence-corrected chi connectivity index (χ2v) is 10.3. The first-order valence-corrected chi connectivity index (χ1v) is 12.0. The van der Waals surface area contributed by atoms with Crippen LogP contribution in [0.4, 0.5) is 5.69 Å². The number of fused-ring (bicyclic) bond motifs is 1. The Balaban J connectivity index is 1.59. The fraction of sp³-hybridized carbons (Fsp3) is 0.333. The third-order valence-corrected chi connectivity index (χ3v) is 7.86. The number of amides is 2. The van der Waals surface area contributed by atoms with Crippen LogP contribution >= 0.6 is 11.8 Å². The van der Waals surface area contributed by atoms with Crippen molar-refractivity contribution in [3.05, 3.63) is 53.6 Å². The lowest BCUT2D eigenvalue weighted by molar-refractivity contribution is -0.121. The number of sulfone groups is 1. The normalized spacial score (nSPS) is 16.1. The predicted octanol–water partition coefficient (Wildman–Crippen LogP) is 3.30. The zero-order valence-electron chi connectivity index (χ0n) is 16.4. The fourth-order valence-corrected chi connectivity index (χ4v) is 5.22. The molecule has 6 nitrogen and oxygen atoms in total. The van der Waals surface area contributed by atoms with Crippen LogP contribution in [-0.2, 0) is 26.0 Å². The summed E-state index contributed by atoms with van der Waals surface area (Å²) < 4.78 is 25.3. The summed E-state index contributed by atoms with van der Waals surface area (Å²) in [4.78, 5) is 25.1. The molecule has 0 bridgehead atoms. The van der Waals surface area contributed by atoms with Crippen LogP contribution in [0.2, 0.25) is 0 Å². The van der Waals surface area contributed by atoms with Gasteiger partial charge in [-0.1, -0.05) is 36.8 Å². The van der Waals surface area contributed by atoms with E-state index in [0.717, 1.165) is 16.0 Å². The minimum absolute atomic E-state index is 0.110. The van der Waals surface area contributed by atoms with Gasteiger partial charge in [-0.2, -0.15) is 0 Å². The Morgan fingerprint density at radius 1 is 1.17 bits per heavy atom. The van der Waals surface area contributed by atoms with E-state index in [0.29, 0.717) is 18.7 Å². The number of anilines is 1. The third-order valence-electron chi connectivity index (χ3n) is 4.71. The van der Waals surface area contributed by atoms with Crippen molar-refractivity contribution in [1.29, 1.82) is 0 Å². The average molecular weight is 433 g/mol. The quantitative estimate of drug-likeness (QED) is 0.700. The van der Waals surface area contributed by atoms with Gasteiger partial charge in [-0.25, -0.2) is 8.42 Å². The number of hydrogen-bond donors (Lipinski definition) is 2. The molecule has 0 aromatic heterocycles. The first-order chi connectivity index (χ1) is 13.8. The highest BCUT2D eigenvalue weighted by atomic mass is 32.2. The number of carbonyl (C=O) groups excluding carboxylic acids is 2. The van der Waals surface area contributed by atoms with Crippen LogP contribution in [0, 0.1) is 6.92 Å². The zero-order valence-corrected chi connectivity index (χ0v) is 18.0. The van der Waals surface area contributed by atoms with Crippen LogP contribution in [0.25, 0.3) is 0 Å². The molecule has 8 heteroatoms. The van der Waals surface area contributed by atoms with Crippen molar-refractivity contribution in [3.8, 4) is 0 Å². The summed E-state index contributed by atoms with van der Waals surface area (Å²) >= 11 is 1.44. The highest BCUT2D eigenvalue weighted by molar-refractivity contribution is 8.01. The molecule has 29 heavy (non-hydrogen) atoms. The molecule has 1 atom stereocenters. The predicted molar refractivity (Wildman–Crippen MR) is 115 cm³/mol. The second-order valence-electron chi connectivity index (χ2n) is 6.99. The van der Waals surface area contributed by atoms with Gasteiger partial charge in [-0.05, 0) is 37.1 Å². The molecule has 0 radical (unpaired) electrons. The highest BCUT2D eigenvalue weighted by Crippen LogP contribution is 2.38. The molecule has 154 valence electrons. The molecule has 1 aliphatic rings. The van der Waals surface area contributed by atoms with Crippen molar-refractivity contribution in [1.82, 2.24) is 5.32 Å². The summed E-state index contributed by atoms with van der Waals surface area (Å²) in [5.41, 5.74) is 2.60. The van der Waals surface area contributed by atoms with E-state index in [2.05, 4.69) is 10.6 Å². The Bertz CT molecular complexity index is 1020. The number of rotatable bonds is 7. The molecule has 0 spiro atoms. The van der Waals surface area contributed by atoms with Crippen LogP contribution in [0.15, 0.2) is 52.3 Å². The van der Waals surface area contributed by atoms with Crippen LogP contribution in [0.3, 0.4) is 0 Å². The molecule has 0 fully saturated rings. The van der Waals surface area contributed by atoms with E-state index < -0.39 is 9.84 Å². The lowest BCUT2D eigenvalue weighted by Gasteiger charge is -2.23. The fourth-order valence-electron chi connectivity index (χ4n) is 2.93. The standard InChI is InChI=1S/C21H24N2O4S2/c1-3-18-21(25)23-17-12-16(8-9-19(17)28-18)29(26,27)11-10-20(24)22-13-15-6-4-14(2)5-7-15/h4-9,12,18H,3,10-11,13H2,1-2H3,(H,22,24)(H,23,25)/t18-/m1/s1. The maximum absolute atomic E-state index is 12.6. The zero-order chi connectivity index (χ0) is 21.0. The Hall–Kier alpha value is -2.32. The Labute approximate surface area is 175 Å². The molecular formula is C21H24N2O4S2. The van der Waals surface area contributed by atoms with Crippen molar-refractivity contribution in [2.45, 2.75) is 48.3 Å². The highest BCUT2D eigenvalue weighted by Gasteiger charge is 2.27. The molecular weight excluding hydrogens is 408 g/mol. The van der Waals surface area contributed by atoms with Gasteiger partial charge in [0.1, 0.15) is 0 Å². The molecule has 2 aromatic carbocycles. The number of hydrogen-bond acceptors (Lipinski definition) is 5.